The van der Waals surface area contributed by atoms with Crippen LogP contribution in [0.4, 0.5) is 14.6 Å². The molecule has 0 aliphatic heterocycles. The molecule has 6 heteroatoms. The number of anilines is 1. The summed E-state index contributed by atoms with van der Waals surface area (Å²) in [7, 11) is 0. The highest BCUT2D eigenvalue weighted by Crippen LogP contribution is 2.36. The van der Waals surface area contributed by atoms with Crippen molar-refractivity contribution in [2.45, 2.75) is 0 Å². The number of furan rings is 1. The topological polar surface area (TPSA) is 67.8 Å². The van der Waals surface area contributed by atoms with Gasteiger partial charge in [-0.25, -0.2) is 8.78 Å². The van der Waals surface area contributed by atoms with E-state index in [-0.39, 0.29) is 11.4 Å². The molecular weight excluding hydrogens is 252 g/mol. The van der Waals surface area contributed by atoms with E-state index in [9.17, 15) is 8.78 Å². The molecule has 2 heterocycles. The molecule has 4 nitrogen and oxygen atoms in total. The lowest BCUT2D eigenvalue weighted by atomic mass is 10.0. The van der Waals surface area contributed by atoms with Gasteiger partial charge in [-0.05, 0) is 18.2 Å². The second-order valence-electron chi connectivity index (χ2n) is 4.00. The smallest absolute Gasteiger partial charge is 0.153 e. The molecule has 1 aromatic carbocycles. The summed E-state index contributed by atoms with van der Waals surface area (Å²) in [4.78, 5) is 0. The third kappa shape index (κ3) is 1.87. The lowest BCUT2D eigenvalue weighted by Gasteiger charge is -2.04. The number of nitrogen functional groups attached to an aromatic ring is 1. The quantitative estimate of drug-likeness (QED) is 0.744. The fourth-order valence-corrected chi connectivity index (χ4v) is 1.94. The van der Waals surface area contributed by atoms with Crippen LogP contribution in [-0.4, -0.2) is 10.2 Å². The maximum absolute atomic E-state index is 13.9. The third-order valence-electron chi connectivity index (χ3n) is 2.80. The maximum Gasteiger partial charge on any atom is 0.153 e. The molecule has 19 heavy (non-hydrogen) atoms. The lowest BCUT2D eigenvalue weighted by Crippen LogP contribution is -1.92. The van der Waals surface area contributed by atoms with Gasteiger partial charge >= 0.3 is 0 Å². The number of H-pyrrole nitrogens is 1. The van der Waals surface area contributed by atoms with Crippen molar-refractivity contribution in [3.8, 4) is 22.4 Å². The van der Waals surface area contributed by atoms with Crippen molar-refractivity contribution in [1.29, 1.82) is 0 Å². The number of halogens is 2. The standard InChI is InChI=1S/C13H9F2N3O/c14-8-1-2-9(10(15)5-8)11-12(17-18-13(11)16)7-3-4-19-6-7/h1-6H,(H3,16,17,18). The molecule has 0 saturated heterocycles. The Balaban J connectivity index is 2.22. The zero-order valence-electron chi connectivity index (χ0n) is 9.65. The van der Waals surface area contributed by atoms with Gasteiger partial charge in [0, 0.05) is 17.2 Å². The van der Waals surface area contributed by atoms with Crippen molar-refractivity contribution >= 4 is 5.82 Å². The fourth-order valence-electron chi connectivity index (χ4n) is 1.94. The van der Waals surface area contributed by atoms with Crippen LogP contribution in [-0.2, 0) is 0 Å². The number of nitrogens with two attached hydrogens (primary N) is 1. The third-order valence-corrected chi connectivity index (χ3v) is 2.80. The number of hydrogen-bond donors (Lipinski definition) is 2. The van der Waals surface area contributed by atoms with Crippen LogP contribution in [0, 0.1) is 11.6 Å². The van der Waals surface area contributed by atoms with E-state index in [4.69, 9.17) is 10.2 Å². The molecule has 0 aliphatic carbocycles. The van der Waals surface area contributed by atoms with E-state index in [0.717, 1.165) is 6.07 Å². The summed E-state index contributed by atoms with van der Waals surface area (Å²) in [6.45, 7) is 0. The summed E-state index contributed by atoms with van der Waals surface area (Å²) in [5.41, 5.74) is 7.53. The van der Waals surface area contributed by atoms with Gasteiger partial charge in [0.1, 0.15) is 11.6 Å². The van der Waals surface area contributed by atoms with Gasteiger partial charge in [-0.2, -0.15) is 5.10 Å². The van der Waals surface area contributed by atoms with Gasteiger partial charge in [-0.1, -0.05) is 0 Å². The zero-order chi connectivity index (χ0) is 13.4. The number of hydrogen-bond acceptors (Lipinski definition) is 3. The molecule has 0 spiro atoms. The Morgan fingerprint density at radius 1 is 1.21 bits per heavy atom. The molecule has 3 N–H and O–H groups in total. The van der Waals surface area contributed by atoms with Crippen LogP contribution in [0.3, 0.4) is 0 Å². The molecule has 0 aliphatic rings. The van der Waals surface area contributed by atoms with Crippen molar-refractivity contribution in [2.75, 3.05) is 5.73 Å². The first-order chi connectivity index (χ1) is 9.16. The molecule has 0 amide bonds. The number of aromatic amines is 1. The number of aromatic nitrogens is 2. The van der Waals surface area contributed by atoms with Crippen LogP contribution in [0.5, 0.6) is 0 Å². The average molecular weight is 261 g/mol. The van der Waals surface area contributed by atoms with Crippen molar-refractivity contribution in [3.05, 3.63) is 48.4 Å². The maximum atomic E-state index is 13.9. The summed E-state index contributed by atoms with van der Waals surface area (Å²) in [6.07, 6.45) is 2.97. The van der Waals surface area contributed by atoms with E-state index in [2.05, 4.69) is 10.2 Å². The minimum atomic E-state index is -0.696. The number of nitrogens with one attached hydrogen (secondary N) is 1. The van der Waals surface area contributed by atoms with Crippen LogP contribution in [0.25, 0.3) is 22.4 Å². The van der Waals surface area contributed by atoms with Crippen molar-refractivity contribution < 1.29 is 13.2 Å². The second-order valence-corrected chi connectivity index (χ2v) is 4.00. The Bertz CT molecular complexity index is 720. The van der Waals surface area contributed by atoms with Gasteiger partial charge in [0.25, 0.3) is 0 Å². The monoisotopic (exact) mass is 261 g/mol. The van der Waals surface area contributed by atoms with Crippen LogP contribution in [0.2, 0.25) is 0 Å². The molecule has 0 unspecified atom stereocenters. The highest BCUT2D eigenvalue weighted by atomic mass is 19.1. The average Bonchev–Trinajstić information content (AvgIpc) is 2.99. The summed E-state index contributed by atoms with van der Waals surface area (Å²) in [5.74, 6) is -1.20. The second kappa shape index (κ2) is 4.24. The van der Waals surface area contributed by atoms with E-state index in [1.807, 2.05) is 0 Å². The van der Waals surface area contributed by atoms with E-state index in [0.29, 0.717) is 16.8 Å². The minimum Gasteiger partial charge on any atom is -0.472 e. The molecule has 0 bridgehead atoms. The van der Waals surface area contributed by atoms with Gasteiger partial charge in [-0.15, -0.1) is 0 Å². The predicted octanol–water partition coefficient (Wildman–Crippen LogP) is 3.20. The molecule has 0 radical (unpaired) electrons. The molecule has 0 fully saturated rings. The SMILES string of the molecule is Nc1n[nH]c(-c2ccoc2)c1-c1ccc(F)cc1F. The lowest BCUT2D eigenvalue weighted by molar-refractivity contribution is 0.568. The minimum absolute atomic E-state index is 0.140. The van der Waals surface area contributed by atoms with Crippen LogP contribution >= 0.6 is 0 Å². The van der Waals surface area contributed by atoms with Gasteiger partial charge in [0.05, 0.1) is 23.8 Å². The fraction of sp³-hybridized carbons (Fsp3) is 0. The molecule has 3 aromatic rings. The largest absolute Gasteiger partial charge is 0.472 e. The highest BCUT2D eigenvalue weighted by molar-refractivity contribution is 5.87. The van der Waals surface area contributed by atoms with E-state index in [1.165, 1.54) is 24.7 Å². The number of benzene rings is 1. The zero-order valence-corrected chi connectivity index (χ0v) is 9.65. The Hall–Kier alpha value is -2.63. The Labute approximate surface area is 106 Å². The van der Waals surface area contributed by atoms with Crippen LogP contribution in [0.1, 0.15) is 0 Å². The van der Waals surface area contributed by atoms with Crippen LogP contribution in [0.15, 0.2) is 41.2 Å². The molecule has 2 aromatic heterocycles. The Morgan fingerprint density at radius 3 is 2.74 bits per heavy atom. The summed E-state index contributed by atoms with van der Waals surface area (Å²) >= 11 is 0. The van der Waals surface area contributed by atoms with Crippen molar-refractivity contribution in [2.24, 2.45) is 0 Å². The van der Waals surface area contributed by atoms with Gasteiger partial charge in [-0.3, -0.25) is 5.10 Å². The molecule has 0 saturated carbocycles. The molecule has 96 valence electrons. The first kappa shape index (κ1) is 11.5. The Morgan fingerprint density at radius 2 is 2.05 bits per heavy atom. The van der Waals surface area contributed by atoms with E-state index >= 15 is 0 Å². The van der Waals surface area contributed by atoms with E-state index in [1.54, 1.807) is 6.07 Å². The molecular formula is C13H9F2N3O. The predicted molar refractivity (Wildman–Crippen MR) is 66.1 cm³/mol. The van der Waals surface area contributed by atoms with Crippen molar-refractivity contribution in [1.82, 2.24) is 10.2 Å². The van der Waals surface area contributed by atoms with Gasteiger partial charge < -0.3 is 10.2 Å². The molecule has 0 atom stereocenters. The van der Waals surface area contributed by atoms with Crippen LogP contribution < -0.4 is 5.73 Å². The van der Waals surface area contributed by atoms with Gasteiger partial charge in [0.2, 0.25) is 0 Å². The number of rotatable bonds is 2. The highest BCUT2D eigenvalue weighted by Gasteiger charge is 2.18. The molecule has 3 rings (SSSR count). The van der Waals surface area contributed by atoms with Gasteiger partial charge in [0.15, 0.2) is 5.82 Å². The van der Waals surface area contributed by atoms with Crippen molar-refractivity contribution in [3.63, 3.8) is 0 Å². The summed E-state index contributed by atoms with van der Waals surface area (Å²) in [5, 5.41) is 6.58. The Kier molecular flexibility index (Phi) is 2.56. The first-order valence-corrected chi connectivity index (χ1v) is 5.48. The first-order valence-electron chi connectivity index (χ1n) is 5.48. The summed E-state index contributed by atoms with van der Waals surface area (Å²) < 4.78 is 31.8. The summed E-state index contributed by atoms with van der Waals surface area (Å²) in [6, 6.07) is 5.00. The normalized spacial score (nSPS) is 10.8. The number of nitrogens with zero attached hydrogens (tertiary/aromatic N) is 1. The van der Waals surface area contributed by atoms with E-state index < -0.39 is 11.6 Å².